The summed E-state index contributed by atoms with van der Waals surface area (Å²) in [5.41, 5.74) is 1.88. The number of halogens is 3. The van der Waals surface area contributed by atoms with Crippen LogP contribution in [-0.2, 0) is 19.1 Å². The Morgan fingerprint density at radius 1 is 0.302 bits per heavy atom. The normalized spacial score (nSPS) is 11.0. The summed E-state index contributed by atoms with van der Waals surface area (Å²) in [7, 11) is -1.13. The van der Waals surface area contributed by atoms with E-state index in [0.717, 1.165) is 69.3 Å². The minimum atomic E-state index is -2.00. The molecule has 12 rings (SSSR count). The lowest BCUT2D eigenvalue weighted by atomic mass is 10.1. The largest absolute Gasteiger partial charge is 1.00 e. The van der Waals surface area contributed by atoms with Gasteiger partial charge in [0.15, 0.2) is 46.1 Å². The van der Waals surface area contributed by atoms with Crippen LogP contribution in [-0.4, -0.2) is 81.0 Å². The second kappa shape index (κ2) is 58.7. The molecule has 0 saturated heterocycles. The highest BCUT2D eigenvalue weighted by atomic mass is 79.9. The van der Waals surface area contributed by atoms with Crippen molar-refractivity contribution in [3.05, 3.63) is 350 Å². The van der Waals surface area contributed by atoms with Gasteiger partial charge in [-0.05, 0) is 208 Å². The Balaban J connectivity index is 0.000000266. The molecular formula is C111H126Br3O12P3. The lowest BCUT2D eigenvalue weighted by Crippen LogP contribution is -3.00. The number of methoxy groups -OCH3 is 3. The first-order valence-electron chi connectivity index (χ1n) is 44.9. The topological polar surface area (TPSA) is 161 Å². The van der Waals surface area contributed by atoms with Crippen LogP contribution in [0.5, 0.6) is 34.5 Å². The van der Waals surface area contributed by atoms with Crippen molar-refractivity contribution < 1.29 is 108 Å². The third-order valence-corrected chi connectivity index (χ3v) is 36.6. The monoisotopic (exact) mass is 1980 g/mol. The Morgan fingerprint density at radius 2 is 0.597 bits per heavy atom. The highest BCUT2D eigenvalue weighted by molar-refractivity contribution is 7.96. The number of Topliss-reactive ketones (excluding diaryl/α,β-unsaturated/α-hetero) is 2. The molecular weight excluding hydrogens is 1860 g/mol. The third-order valence-electron chi connectivity index (χ3n) is 23.0. The number of rotatable bonds is 48. The Kier molecular flexibility index (Phi) is 48.3. The molecule has 12 nitrogen and oxygen atoms in total. The van der Waals surface area contributed by atoms with Gasteiger partial charge in [0.2, 0.25) is 0 Å². The molecule has 0 aliphatic rings. The van der Waals surface area contributed by atoms with Gasteiger partial charge in [0.1, 0.15) is 69.5 Å². The molecule has 0 fully saturated rings. The van der Waals surface area contributed by atoms with E-state index >= 15 is 0 Å². The van der Waals surface area contributed by atoms with Crippen LogP contribution in [0.25, 0.3) is 6.08 Å². The van der Waals surface area contributed by atoms with Gasteiger partial charge in [-0.1, -0.05) is 267 Å². The average Bonchev–Trinajstić information content (AvgIpc) is 0.768. The van der Waals surface area contributed by atoms with E-state index in [4.69, 9.17) is 28.4 Å². The van der Waals surface area contributed by atoms with Gasteiger partial charge in [-0.25, -0.2) is 4.79 Å². The highest BCUT2D eigenvalue weighted by Gasteiger charge is 2.47. The van der Waals surface area contributed by atoms with Crippen molar-refractivity contribution in [2.75, 3.05) is 46.4 Å². The molecule has 0 spiro atoms. The number of phenols is 1. The van der Waals surface area contributed by atoms with Crippen LogP contribution < -0.4 is 122 Å². The van der Waals surface area contributed by atoms with E-state index in [1.54, 1.807) is 61.7 Å². The predicted octanol–water partition coefficient (Wildman–Crippen LogP) is 14.5. The van der Waals surface area contributed by atoms with Crippen molar-refractivity contribution in [1.29, 1.82) is 0 Å². The van der Waals surface area contributed by atoms with Crippen LogP contribution in [0, 0.1) is 0 Å². The number of aromatic hydroxyl groups is 1. The standard InChI is InChI=1S/C41H48O5P.C41H50O4P.C29H27O3P.3BrH/c1-34(42)46-39-29-27-35(33-40(39)44-2)28-30-41(43)45-31-19-8-6-4-3-5-7-9-20-32-47(36-21-13-10-14-22-36,37-23-15-11-16-24-37)38-25-17-12-18-26-38;1-3-4-5-6-7-8-9-10-20-29-41(43)45-39-31-30-34(33-40(39)44-2)38(42)28-21-32-46(35-22-14-11-15-23-35,36-24-16-12-17-25-36)37-26-18-13-19-27-37;1-32-29-22-23(19-20-28(29)31)27(30)18-11-21-33(24-12-5-2-6-13-24,25-14-7-3-8-15-25)26-16-9-4-10-17-26;;;/h10-18,21-30,33H,3-9,19-20,31-32H2,1-2H3;11-19,22-27,30-31,33H,3-10,20-21,28-29,32H2,1-2H3;2-10,12-17,19-20,22H,11,18,21H2,1H3;3*1H/q2*+1;;;;/p-2. The number of benzene rings is 12. The lowest BCUT2D eigenvalue weighted by molar-refractivity contribution is -0.138. The molecule has 0 unspecified atom stereocenters. The van der Waals surface area contributed by atoms with Crippen LogP contribution in [0.2, 0.25) is 0 Å². The van der Waals surface area contributed by atoms with Crippen molar-refractivity contribution in [3.8, 4) is 34.5 Å². The molecule has 12 aromatic carbocycles. The smallest absolute Gasteiger partial charge is 0.330 e. The van der Waals surface area contributed by atoms with Crippen LogP contribution in [0.4, 0.5) is 0 Å². The second-order valence-electron chi connectivity index (χ2n) is 31.7. The predicted molar refractivity (Wildman–Crippen MR) is 528 cm³/mol. The van der Waals surface area contributed by atoms with E-state index in [9.17, 15) is 29.1 Å². The molecule has 678 valence electrons. The highest BCUT2D eigenvalue weighted by Crippen LogP contribution is 2.58. The molecule has 129 heavy (non-hydrogen) atoms. The number of hydrogen-bond donors (Lipinski definition) is 1. The molecule has 0 atom stereocenters. The number of phenolic OH excluding ortho intramolecular Hbond substituents is 1. The summed E-state index contributed by atoms with van der Waals surface area (Å²) in [5, 5.41) is 22.1. The molecule has 0 aliphatic carbocycles. The van der Waals surface area contributed by atoms with Crippen molar-refractivity contribution in [1.82, 2.24) is 0 Å². The summed E-state index contributed by atoms with van der Waals surface area (Å²) < 4.78 is 32.1. The molecule has 0 amide bonds. The van der Waals surface area contributed by atoms with Crippen molar-refractivity contribution in [2.24, 2.45) is 0 Å². The number of ketones is 2. The lowest BCUT2D eigenvalue weighted by Gasteiger charge is -2.27. The first-order chi connectivity index (χ1) is 61.7. The van der Waals surface area contributed by atoms with Gasteiger partial charge in [-0.15, -0.1) is 0 Å². The van der Waals surface area contributed by atoms with E-state index in [1.165, 1.54) is 164 Å². The van der Waals surface area contributed by atoms with E-state index in [-0.39, 0.29) is 80.2 Å². The number of carbonyl (C=O) groups is 5. The molecule has 0 heterocycles. The summed E-state index contributed by atoms with van der Waals surface area (Å²) in [6.07, 6.45) is 30.1. The molecule has 18 heteroatoms. The van der Waals surface area contributed by atoms with E-state index in [2.05, 4.69) is 280 Å². The summed E-state index contributed by atoms with van der Waals surface area (Å²) >= 11 is 0. The average molecular weight is 1980 g/mol. The van der Waals surface area contributed by atoms with Gasteiger partial charge >= 0.3 is 17.9 Å². The van der Waals surface area contributed by atoms with Crippen LogP contribution >= 0.6 is 21.8 Å². The molecule has 0 bridgehead atoms. The van der Waals surface area contributed by atoms with Crippen LogP contribution in [0.15, 0.2) is 334 Å². The summed E-state index contributed by atoms with van der Waals surface area (Å²) in [6, 6.07) is 113. The number of esters is 3. The van der Waals surface area contributed by atoms with E-state index in [1.807, 2.05) is 0 Å². The Hall–Kier alpha value is -9.94. The second-order valence-corrected chi connectivity index (χ2v) is 42.5. The Bertz CT molecular complexity index is 4970. The van der Waals surface area contributed by atoms with Crippen LogP contribution in [0.1, 0.15) is 188 Å². The molecule has 12 aromatic rings. The molecule has 1 N–H and O–H groups in total. The molecule has 0 radical (unpaired) electrons. The number of unbranched alkanes of at least 4 members (excludes halogenated alkanes) is 16. The number of hydrogen-bond acceptors (Lipinski definition) is 12. The molecule has 0 aliphatic heterocycles. The minimum Gasteiger partial charge on any atom is -1.00 e. The zero-order chi connectivity index (χ0) is 88.7. The molecule has 0 aromatic heterocycles. The SMILES string of the molecule is CCCCCCCCCCCC(=O)Oc1ccc(C(=O)CCC[P+](c2ccccc2)(c2ccccc2)c2ccccc2)cc1OC.COc1cc(C(=O)CCC[P+](c2ccccc2)(c2ccccc2)c2ccccc2)ccc1O.COc1cc(C=CC(=O)OCCCCCCCCCCC[P+](c2ccccc2)(c2ccccc2)c2ccccc2)ccc1OC(C)=O.[Br-].[Br-].[Br-]. The fraction of sp³-hybridized carbons (Fsp3) is 0.288. The maximum Gasteiger partial charge on any atom is 0.330 e. The summed E-state index contributed by atoms with van der Waals surface area (Å²) in [5.74, 6) is 0.955. The number of ether oxygens (including phenoxy) is 6. The Labute approximate surface area is 800 Å². The minimum absolute atomic E-state index is 0. The first kappa shape index (κ1) is 106. The zero-order valence-corrected chi connectivity index (χ0v) is 82.8. The van der Waals surface area contributed by atoms with Gasteiger partial charge in [-0.3, -0.25) is 19.2 Å². The molecule has 0 saturated carbocycles. The van der Waals surface area contributed by atoms with Crippen molar-refractivity contribution in [2.45, 2.75) is 162 Å². The first-order valence-corrected chi connectivity index (χ1v) is 50.9. The van der Waals surface area contributed by atoms with Gasteiger partial charge in [-0.2, -0.15) is 0 Å². The van der Waals surface area contributed by atoms with Crippen LogP contribution in [0.3, 0.4) is 0 Å². The maximum atomic E-state index is 13.5. The zero-order valence-electron chi connectivity index (χ0n) is 75.3. The van der Waals surface area contributed by atoms with Gasteiger partial charge in [0.05, 0.1) is 46.4 Å². The van der Waals surface area contributed by atoms with Crippen molar-refractivity contribution >= 4 is 105 Å². The van der Waals surface area contributed by atoms with Gasteiger partial charge in [0, 0.05) is 43.4 Å². The maximum absolute atomic E-state index is 13.5. The van der Waals surface area contributed by atoms with E-state index in [0.29, 0.717) is 65.7 Å². The Morgan fingerprint density at radius 3 is 0.946 bits per heavy atom. The fourth-order valence-electron chi connectivity index (χ4n) is 16.5. The quantitative estimate of drug-likeness (QED) is 0.00961. The number of carbonyl (C=O) groups excluding carboxylic acids is 5. The third kappa shape index (κ3) is 32.0. The van der Waals surface area contributed by atoms with Gasteiger partial charge in [0.25, 0.3) is 0 Å². The van der Waals surface area contributed by atoms with Crippen molar-refractivity contribution in [3.63, 3.8) is 0 Å². The van der Waals surface area contributed by atoms with Gasteiger partial charge < -0.3 is 84.5 Å². The summed E-state index contributed by atoms with van der Waals surface area (Å²) in [4.78, 5) is 62.4. The fourth-order valence-corrected chi connectivity index (χ4v) is 29.6. The summed E-state index contributed by atoms with van der Waals surface area (Å²) in [6.45, 7) is 4.00. The van der Waals surface area contributed by atoms with E-state index < -0.39 is 27.8 Å².